The minimum Gasteiger partial charge on any atom is -0.491 e. The van der Waals surface area contributed by atoms with Crippen LogP contribution in [-0.2, 0) is 0 Å². The van der Waals surface area contributed by atoms with Gasteiger partial charge in [0.05, 0.1) is 0 Å². The number of halogens is 1. The first-order valence-corrected chi connectivity index (χ1v) is 7.79. The van der Waals surface area contributed by atoms with E-state index in [-0.39, 0.29) is 6.61 Å². The first-order chi connectivity index (χ1) is 9.99. The fraction of sp³-hybridized carbons (Fsp3) is 0.625. The lowest BCUT2D eigenvalue weighted by atomic mass is 10.2. The minimum absolute atomic E-state index is 0.284. The lowest BCUT2D eigenvalue weighted by Crippen LogP contribution is -2.32. The van der Waals surface area contributed by atoms with Crippen LogP contribution in [0.5, 0.6) is 5.75 Å². The average Bonchev–Trinajstić information content (AvgIpc) is 2.43. The Bertz CT molecular complexity index is 413. The van der Waals surface area contributed by atoms with Crippen molar-refractivity contribution in [3.05, 3.63) is 28.8 Å². The molecule has 0 aromatic heterocycles. The molecular formula is C16H27ClN2O2. The van der Waals surface area contributed by atoms with Gasteiger partial charge in [0.1, 0.15) is 18.5 Å². The van der Waals surface area contributed by atoms with E-state index in [1.165, 1.54) is 0 Å². The molecule has 0 aliphatic rings. The highest BCUT2D eigenvalue weighted by Crippen LogP contribution is 2.20. The first kappa shape index (κ1) is 18.2. The average molecular weight is 315 g/mol. The lowest BCUT2D eigenvalue weighted by molar-refractivity contribution is 0.106. The smallest absolute Gasteiger partial charge is 0.119 e. The maximum atomic E-state index is 9.86. The van der Waals surface area contributed by atoms with Crippen molar-refractivity contribution >= 4 is 11.6 Å². The zero-order valence-corrected chi connectivity index (χ0v) is 14.0. The second-order valence-electron chi connectivity index (χ2n) is 5.59. The van der Waals surface area contributed by atoms with E-state index >= 15 is 0 Å². The third-order valence-corrected chi connectivity index (χ3v) is 3.58. The Morgan fingerprint density at radius 2 is 2.10 bits per heavy atom. The van der Waals surface area contributed by atoms with Crippen molar-refractivity contribution in [1.82, 2.24) is 10.2 Å². The van der Waals surface area contributed by atoms with Crippen LogP contribution in [-0.4, -0.2) is 56.4 Å². The number of benzene rings is 1. The molecule has 0 saturated heterocycles. The minimum atomic E-state index is -0.505. The van der Waals surface area contributed by atoms with E-state index in [9.17, 15) is 5.11 Å². The Kier molecular flexibility index (Phi) is 8.69. The first-order valence-electron chi connectivity index (χ1n) is 7.41. The maximum absolute atomic E-state index is 9.86. The van der Waals surface area contributed by atoms with Crippen LogP contribution < -0.4 is 10.1 Å². The van der Waals surface area contributed by atoms with Crippen molar-refractivity contribution in [3.8, 4) is 5.75 Å². The van der Waals surface area contributed by atoms with Crippen LogP contribution >= 0.6 is 11.6 Å². The molecule has 0 saturated carbocycles. The van der Waals surface area contributed by atoms with E-state index in [1.54, 1.807) is 0 Å². The van der Waals surface area contributed by atoms with Gasteiger partial charge in [0.25, 0.3) is 0 Å². The molecule has 0 aliphatic carbocycles. The summed E-state index contributed by atoms with van der Waals surface area (Å²) in [5.41, 5.74) is 0.975. The number of hydrogen-bond donors (Lipinski definition) is 2. The van der Waals surface area contributed by atoms with Crippen molar-refractivity contribution in [3.63, 3.8) is 0 Å². The lowest BCUT2D eigenvalue weighted by Gasteiger charge is -2.14. The zero-order chi connectivity index (χ0) is 15.7. The van der Waals surface area contributed by atoms with E-state index < -0.39 is 6.10 Å². The Morgan fingerprint density at radius 1 is 1.33 bits per heavy atom. The molecule has 0 spiro atoms. The topological polar surface area (TPSA) is 44.7 Å². The van der Waals surface area contributed by atoms with Gasteiger partial charge in [-0.05, 0) is 70.7 Å². The summed E-state index contributed by atoms with van der Waals surface area (Å²) in [4.78, 5) is 2.18. The molecule has 1 atom stereocenters. The highest BCUT2D eigenvalue weighted by molar-refractivity contribution is 6.31. The molecule has 2 N–H and O–H groups in total. The van der Waals surface area contributed by atoms with Crippen LogP contribution in [0.4, 0.5) is 0 Å². The summed E-state index contributed by atoms with van der Waals surface area (Å²) >= 11 is 5.96. The molecule has 1 rings (SSSR count). The van der Waals surface area contributed by atoms with E-state index in [0.29, 0.717) is 6.54 Å². The quantitative estimate of drug-likeness (QED) is 0.651. The molecule has 21 heavy (non-hydrogen) atoms. The summed E-state index contributed by atoms with van der Waals surface area (Å²) in [6, 6.07) is 5.50. The van der Waals surface area contributed by atoms with Gasteiger partial charge in [0.15, 0.2) is 0 Å². The Labute approximate surface area is 133 Å². The summed E-state index contributed by atoms with van der Waals surface area (Å²) in [5, 5.41) is 13.8. The second kappa shape index (κ2) is 10.0. The number of nitrogens with one attached hydrogen (secondary N) is 1. The second-order valence-corrected chi connectivity index (χ2v) is 6.00. The zero-order valence-electron chi connectivity index (χ0n) is 13.2. The molecule has 0 radical (unpaired) electrons. The van der Waals surface area contributed by atoms with Gasteiger partial charge in [-0.25, -0.2) is 0 Å². The van der Waals surface area contributed by atoms with Crippen molar-refractivity contribution in [2.24, 2.45) is 0 Å². The standard InChI is InChI=1S/C16H27ClN2O2/c1-13-10-15(6-7-16(13)17)21-12-14(20)11-18-8-4-5-9-19(2)3/h6-7,10,14,18,20H,4-5,8-9,11-12H2,1-3H3. The van der Waals surface area contributed by atoms with E-state index in [4.69, 9.17) is 16.3 Å². The largest absolute Gasteiger partial charge is 0.491 e. The predicted molar refractivity (Wildman–Crippen MR) is 88.3 cm³/mol. The number of nitrogens with zero attached hydrogens (tertiary/aromatic N) is 1. The summed E-state index contributed by atoms with van der Waals surface area (Å²) < 4.78 is 5.56. The Hall–Kier alpha value is -0.810. The molecule has 0 bridgehead atoms. The number of aryl methyl sites for hydroxylation is 1. The number of ether oxygens (including phenoxy) is 1. The van der Waals surface area contributed by atoms with Gasteiger partial charge in [0.2, 0.25) is 0 Å². The normalized spacial score (nSPS) is 12.7. The Balaban J connectivity index is 2.10. The molecule has 1 aromatic carbocycles. The third kappa shape index (κ3) is 8.27. The van der Waals surface area contributed by atoms with Crippen molar-refractivity contribution in [1.29, 1.82) is 0 Å². The van der Waals surface area contributed by atoms with Gasteiger partial charge in [-0.2, -0.15) is 0 Å². The molecule has 1 unspecified atom stereocenters. The van der Waals surface area contributed by atoms with Gasteiger partial charge in [-0.3, -0.25) is 0 Å². The van der Waals surface area contributed by atoms with Gasteiger partial charge in [0, 0.05) is 11.6 Å². The fourth-order valence-corrected chi connectivity index (χ4v) is 2.02. The maximum Gasteiger partial charge on any atom is 0.119 e. The van der Waals surface area contributed by atoms with E-state index in [2.05, 4.69) is 24.3 Å². The van der Waals surface area contributed by atoms with Gasteiger partial charge >= 0.3 is 0 Å². The van der Waals surface area contributed by atoms with Crippen molar-refractivity contribution in [2.45, 2.75) is 25.9 Å². The van der Waals surface area contributed by atoms with E-state index in [0.717, 1.165) is 42.3 Å². The summed E-state index contributed by atoms with van der Waals surface area (Å²) in [6.45, 7) is 4.79. The molecular weight excluding hydrogens is 288 g/mol. The van der Waals surface area contributed by atoms with Crippen LogP contribution in [0.2, 0.25) is 5.02 Å². The monoisotopic (exact) mass is 314 g/mol. The molecule has 120 valence electrons. The van der Waals surface area contributed by atoms with Gasteiger partial charge in [-0.15, -0.1) is 0 Å². The molecule has 4 nitrogen and oxygen atoms in total. The molecule has 0 heterocycles. The van der Waals surface area contributed by atoms with Gasteiger partial charge in [-0.1, -0.05) is 11.6 Å². The molecule has 0 aliphatic heterocycles. The van der Waals surface area contributed by atoms with Crippen molar-refractivity contribution < 1.29 is 9.84 Å². The summed E-state index contributed by atoms with van der Waals surface area (Å²) in [6.07, 6.45) is 1.77. The molecule has 1 aromatic rings. The summed E-state index contributed by atoms with van der Waals surface area (Å²) in [7, 11) is 4.15. The Morgan fingerprint density at radius 3 is 2.76 bits per heavy atom. The molecule has 0 fully saturated rings. The molecule has 5 heteroatoms. The number of hydrogen-bond acceptors (Lipinski definition) is 4. The molecule has 0 amide bonds. The fourth-order valence-electron chi connectivity index (χ4n) is 1.91. The number of unbranched alkanes of at least 4 members (excludes halogenated alkanes) is 1. The third-order valence-electron chi connectivity index (χ3n) is 3.16. The summed E-state index contributed by atoms with van der Waals surface area (Å²) in [5.74, 6) is 0.738. The van der Waals surface area contributed by atoms with Gasteiger partial charge < -0.3 is 20.1 Å². The highest BCUT2D eigenvalue weighted by atomic mass is 35.5. The van der Waals surface area contributed by atoms with E-state index in [1.807, 2.05) is 25.1 Å². The number of aliphatic hydroxyl groups excluding tert-OH is 1. The van der Waals surface area contributed by atoms with Crippen LogP contribution in [0.1, 0.15) is 18.4 Å². The van der Waals surface area contributed by atoms with Crippen molar-refractivity contribution in [2.75, 3.05) is 40.3 Å². The predicted octanol–water partition coefficient (Wildman–Crippen LogP) is 2.32. The van der Waals surface area contributed by atoms with Crippen LogP contribution in [0, 0.1) is 6.92 Å². The van der Waals surface area contributed by atoms with Crippen LogP contribution in [0.3, 0.4) is 0 Å². The van der Waals surface area contributed by atoms with Crippen LogP contribution in [0.15, 0.2) is 18.2 Å². The highest BCUT2D eigenvalue weighted by Gasteiger charge is 2.05. The SMILES string of the molecule is Cc1cc(OCC(O)CNCCCCN(C)C)ccc1Cl. The number of aliphatic hydroxyl groups is 1. The van der Waals surface area contributed by atoms with Crippen LogP contribution in [0.25, 0.3) is 0 Å². The number of rotatable bonds is 10.